The van der Waals surface area contributed by atoms with Crippen LogP contribution in [-0.2, 0) is 0 Å². The molecule has 0 aliphatic carbocycles. The van der Waals surface area contributed by atoms with E-state index in [0.717, 1.165) is 43.1 Å². The number of aromatic nitrogens is 1. The van der Waals surface area contributed by atoms with Crippen molar-refractivity contribution in [2.75, 3.05) is 44.7 Å². The van der Waals surface area contributed by atoms with Crippen LogP contribution in [0.15, 0.2) is 48.7 Å². The number of nitrogens with one attached hydrogen (secondary N) is 1. The predicted molar refractivity (Wildman–Crippen MR) is 104 cm³/mol. The number of carbonyl (C=O) groups excluding carboxylic acids is 1. The summed E-state index contributed by atoms with van der Waals surface area (Å²) in [6.07, 6.45) is 1.68. The number of hydrogen-bond donors (Lipinski definition) is 1. The molecule has 1 aliphatic rings. The Bertz CT molecular complexity index is 961. The Morgan fingerprint density at radius 1 is 1.15 bits per heavy atom. The first-order valence-corrected chi connectivity index (χ1v) is 9.06. The van der Waals surface area contributed by atoms with Gasteiger partial charge in [-0.05, 0) is 30.3 Å². The monoisotopic (exact) mass is 367 g/mol. The van der Waals surface area contributed by atoms with Gasteiger partial charge in [0.1, 0.15) is 11.6 Å². The van der Waals surface area contributed by atoms with Gasteiger partial charge in [0.2, 0.25) is 0 Å². The number of para-hydroxylation sites is 2. The Hall–Kier alpha value is -2.86. The number of anilines is 1. The van der Waals surface area contributed by atoms with Gasteiger partial charge in [0.15, 0.2) is 5.78 Å². The topological polar surface area (TPSA) is 48.6 Å². The van der Waals surface area contributed by atoms with Crippen LogP contribution in [0.3, 0.4) is 0 Å². The summed E-state index contributed by atoms with van der Waals surface area (Å²) >= 11 is 0. The molecule has 0 saturated carbocycles. The molecule has 0 spiro atoms. The molecule has 1 saturated heterocycles. The molecule has 27 heavy (non-hydrogen) atoms. The van der Waals surface area contributed by atoms with E-state index >= 15 is 0 Å². The van der Waals surface area contributed by atoms with Crippen LogP contribution in [0.2, 0.25) is 0 Å². The Kier molecular flexibility index (Phi) is 4.81. The summed E-state index contributed by atoms with van der Waals surface area (Å²) in [5.74, 6) is 0.544. The zero-order chi connectivity index (χ0) is 18.8. The van der Waals surface area contributed by atoms with Crippen LogP contribution >= 0.6 is 0 Å². The average molecular weight is 367 g/mol. The maximum atomic E-state index is 13.5. The van der Waals surface area contributed by atoms with E-state index in [-0.39, 0.29) is 11.6 Å². The van der Waals surface area contributed by atoms with E-state index in [4.69, 9.17) is 4.74 Å². The summed E-state index contributed by atoms with van der Waals surface area (Å²) < 4.78 is 19.0. The molecule has 4 rings (SSSR count). The average Bonchev–Trinajstić information content (AvgIpc) is 3.11. The molecule has 0 atom stereocenters. The third-order valence-electron chi connectivity index (χ3n) is 5.11. The third kappa shape index (κ3) is 3.53. The minimum Gasteiger partial charge on any atom is -0.495 e. The van der Waals surface area contributed by atoms with Gasteiger partial charge in [-0.25, -0.2) is 4.39 Å². The lowest BCUT2D eigenvalue weighted by atomic mass is 10.1. The van der Waals surface area contributed by atoms with E-state index in [2.05, 4.69) is 20.9 Å². The van der Waals surface area contributed by atoms with Gasteiger partial charge in [0.05, 0.1) is 19.3 Å². The van der Waals surface area contributed by atoms with E-state index in [1.165, 1.54) is 12.1 Å². The number of ketones is 1. The minimum atomic E-state index is -0.332. The van der Waals surface area contributed by atoms with Gasteiger partial charge < -0.3 is 14.6 Å². The number of carbonyl (C=O) groups is 1. The van der Waals surface area contributed by atoms with Crippen molar-refractivity contribution in [2.45, 2.75) is 0 Å². The van der Waals surface area contributed by atoms with E-state index < -0.39 is 0 Å². The molecule has 3 aromatic rings. The Labute approximate surface area is 157 Å². The number of nitrogens with zero attached hydrogens (tertiary/aromatic N) is 2. The first-order chi connectivity index (χ1) is 13.2. The number of Topliss-reactive ketones (excluding diaryl/α,β-unsaturated/α-hetero) is 1. The fourth-order valence-corrected chi connectivity index (χ4v) is 3.65. The van der Waals surface area contributed by atoms with Gasteiger partial charge in [0.25, 0.3) is 0 Å². The smallest absolute Gasteiger partial charge is 0.178 e. The lowest BCUT2D eigenvalue weighted by Gasteiger charge is -2.36. The third-order valence-corrected chi connectivity index (χ3v) is 5.11. The van der Waals surface area contributed by atoms with Crippen molar-refractivity contribution in [2.24, 2.45) is 0 Å². The first kappa shape index (κ1) is 17.5. The first-order valence-electron chi connectivity index (χ1n) is 9.06. The maximum absolute atomic E-state index is 13.5. The summed E-state index contributed by atoms with van der Waals surface area (Å²) in [7, 11) is 1.68. The van der Waals surface area contributed by atoms with Gasteiger partial charge in [-0.2, -0.15) is 0 Å². The second-order valence-electron chi connectivity index (χ2n) is 6.75. The molecule has 0 bridgehead atoms. The zero-order valence-corrected chi connectivity index (χ0v) is 15.2. The predicted octanol–water partition coefficient (Wildman–Crippen LogP) is 3.32. The normalized spacial score (nSPS) is 15.3. The van der Waals surface area contributed by atoms with Gasteiger partial charge in [0, 0.05) is 48.8 Å². The molecule has 5 nitrogen and oxygen atoms in total. The molecule has 1 aromatic heterocycles. The van der Waals surface area contributed by atoms with E-state index in [0.29, 0.717) is 17.5 Å². The number of benzene rings is 2. The lowest BCUT2D eigenvalue weighted by molar-refractivity contribution is 0.0928. The highest BCUT2D eigenvalue weighted by Gasteiger charge is 2.22. The van der Waals surface area contributed by atoms with Gasteiger partial charge in [-0.15, -0.1) is 0 Å². The van der Waals surface area contributed by atoms with Crippen molar-refractivity contribution in [1.82, 2.24) is 9.88 Å². The Balaban J connectivity index is 1.41. The second kappa shape index (κ2) is 7.40. The van der Waals surface area contributed by atoms with Crippen LogP contribution in [-0.4, -0.2) is 55.5 Å². The van der Waals surface area contributed by atoms with Crippen LogP contribution in [0.1, 0.15) is 10.4 Å². The van der Waals surface area contributed by atoms with Crippen LogP contribution in [0.5, 0.6) is 5.75 Å². The molecule has 1 fully saturated rings. The quantitative estimate of drug-likeness (QED) is 0.703. The van der Waals surface area contributed by atoms with Crippen molar-refractivity contribution < 1.29 is 13.9 Å². The number of rotatable bonds is 5. The molecule has 0 unspecified atom stereocenters. The maximum Gasteiger partial charge on any atom is 0.178 e. The molecule has 6 heteroatoms. The standard InChI is InChI=1S/C21H22FN3O2/c1-27-21-5-3-2-4-19(21)25-10-8-24(9-11-25)14-20(26)17-13-23-18-7-6-15(22)12-16(17)18/h2-7,12-13,23H,8-11,14H2,1H3. The highest BCUT2D eigenvalue weighted by Crippen LogP contribution is 2.28. The number of H-pyrrole nitrogens is 1. The van der Waals surface area contributed by atoms with Crippen LogP contribution < -0.4 is 9.64 Å². The van der Waals surface area contributed by atoms with Crippen molar-refractivity contribution in [1.29, 1.82) is 0 Å². The second-order valence-corrected chi connectivity index (χ2v) is 6.75. The van der Waals surface area contributed by atoms with Crippen molar-refractivity contribution in [3.63, 3.8) is 0 Å². The van der Waals surface area contributed by atoms with Gasteiger partial charge in [-0.3, -0.25) is 9.69 Å². The summed E-state index contributed by atoms with van der Waals surface area (Å²) in [5, 5.41) is 0.646. The van der Waals surface area contributed by atoms with E-state index in [1.807, 2.05) is 18.2 Å². The van der Waals surface area contributed by atoms with Crippen molar-refractivity contribution in [3.05, 3.63) is 60.0 Å². The number of fused-ring (bicyclic) bond motifs is 1. The molecular weight excluding hydrogens is 345 g/mol. The lowest BCUT2D eigenvalue weighted by Crippen LogP contribution is -2.48. The van der Waals surface area contributed by atoms with Gasteiger partial charge >= 0.3 is 0 Å². The molecule has 2 aromatic carbocycles. The molecule has 2 heterocycles. The summed E-state index contributed by atoms with van der Waals surface area (Å²) in [6, 6.07) is 12.4. The van der Waals surface area contributed by atoms with Crippen LogP contribution in [0.4, 0.5) is 10.1 Å². The fourth-order valence-electron chi connectivity index (χ4n) is 3.65. The van der Waals surface area contributed by atoms with Crippen LogP contribution in [0.25, 0.3) is 10.9 Å². The summed E-state index contributed by atoms with van der Waals surface area (Å²) in [6.45, 7) is 3.58. The van der Waals surface area contributed by atoms with Crippen molar-refractivity contribution in [3.8, 4) is 5.75 Å². The largest absolute Gasteiger partial charge is 0.495 e. The molecular formula is C21H22FN3O2. The summed E-state index contributed by atoms with van der Waals surface area (Å²) in [4.78, 5) is 20.2. The Morgan fingerprint density at radius 3 is 2.70 bits per heavy atom. The number of aromatic amines is 1. The number of ether oxygens (including phenoxy) is 1. The van der Waals surface area contributed by atoms with E-state index in [9.17, 15) is 9.18 Å². The van der Waals surface area contributed by atoms with Gasteiger partial charge in [-0.1, -0.05) is 12.1 Å². The number of methoxy groups -OCH3 is 1. The number of hydrogen-bond acceptors (Lipinski definition) is 4. The van der Waals surface area contributed by atoms with E-state index in [1.54, 1.807) is 19.4 Å². The number of piperazine rings is 1. The van der Waals surface area contributed by atoms with Crippen LogP contribution in [0, 0.1) is 5.82 Å². The zero-order valence-electron chi connectivity index (χ0n) is 15.2. The fraction of sp³-hybridized carbons (Fsp3) is 0.286. The number of halogens is 1. The minimum absolute atomic E-state index is 0.0117. The highest BCUT2D eigenvalue weighted by molar-refractivity contribution is 6.08. The molecule has 1 aliphatic heterocycles. The molecule has 0 radical (unpaired) electrons. The SMILES string of the molecule is COc1ccccc1N1CCN(CC(=O)c2c[nH]c3ccc(F)cc23)CC1. The van der Waals surface area contributed by atoms with Crippen molar-refractivity contribution >= 4 is 22.4 Å². The molecule has 1 N–H and O–H groups in total. The summed E-state index contributed by atoms with van der Waals surface area (Å²) in [5.41, 5.74) is 2.41. The highest BCUT2D eigenvalue weighted by atomic mass is 19.1. The Morgan fingerprint density at radius 2 is 1.93 bits per heavy atom. The molecule has 0 amide bonds. The molecule has 140 valence electrons.